The molecule has 0 amide bonds. The molecule has 29 heavy (non-hydrogen) atoms. The lowest BCUT2D eigenvalue weighted by Gasteiger charge is -2.35. The Labute approximate surface area is 153 Å². The third-order valence-electron chi connectivity index (χ3n) is 2.93. The number of halogens is 13. The summed E-state index contributed by atoms with van der Waals surface area (Å²) < 4.78 is 177. The zero-order chi connectivity index (χ0) is 22.3. The first-order valence-corrected chi connectivity index (χ1v) is 7.87. The Morgan fingerprint density at radius 3 is 1.52 bits per heavy atom. The highest BCUT2D eigenvalue weighted by atomic mass is 32.2. The van der Waals surface area contributed by atoms with E-state index in [0.717, 1.165) is 0 Å². The highest BCUT2D eigenvalue weighted by Crippen LogP contribution is 2.46. The molecule has 0 aromatic rings. The highest BCUT2D eigenvalue weighted by Gasteiger charge is 2.73. The molecule has 2 atom stereocenters. The average Bonchev–Trinajstić information content (AvgIpc) is 2.41. The maximum absolute atomic E-state index is 13.5. The van der Waals surface area contributed by atoms with Gasteiger partial charge in [-0.1, -0.05) is 6.92 Å². The van der Waals surface area contributed by atoms with E-state index in [1.54, 1.807) is 0 Å². The minimum absolute atomic E-state index is 0. The van der Waals surface area contributed by atoms with Gasteiger partial charge in [-0.05, 0) is 6.92 Å². The van der Waals surface area contributed by atoms with Crippen molar-refractivity contribution in [2.24, 2.45) is 0 Å². The van der Waals surface area contributed by atoms with E-state index in [-0.39, 0.29) is 16.3 Å². The second kappa shape index (κ2) is 9.38. The second-order valence-electron chi connectivity index (χ2n) is 4.98. The van der Waals surface area contributed by atoms with E-state index in [9.17, 15) is 56.7 Å². The fourth-order valence-corrected chi connectivity index (χ4v) is 1.71. The molecule has 0 spiro atoms. The zero-order valence-electron chi connectivity index (χ0n) is 13.8. The summed E-state index contributed by atoms with van der Waals surface area (Å²) in [4.78, 5) is 0. The normalized spacial score (nSPS) is 16.5. The van der Waals surface area contributed by atoms with E-state index in [0.29, 0.717) is 6.92 Å². The molecular formula is C10H13F13O5S. The first-order valence-electron chi connectivity index (χ1n) is 6.43. The monoisotopic (exact) mass is 492 g/mol. The van der Waals surface area contributed by atoms with Crippen LogP contribution in [0.25, 0.3) is 0 Å². The third-order valence-corrected chi connectivity index (χ3v) is 3.82. The van der Waals surface area contributed by atoms with Crippen molar-refractivity contribution in [2.45, 2.75) is 62.0 Å². The molecule has 180 valence electrons. The van der Waals surface area contributed by atoms with Gasteiger partial charge < -0.3 is 4.74 Å². The molecule has 0 aromatic carbocycles. The molecule has 0 aliphatic rings. The summed E-state index contributed by atoms with van der Waals surface area (Å²) in [5.41, 5.74) is 0. The Morgan fingerprint density at radius 2 is 1.24 bits per heavy atom. The van der Waals surface area contributed by atoms with E-state index >= 15 is 0 Å². The maximum atomic E-state index is 13.5. The topological polar surface area (TPSA) is 72.8 Å². The van der Waals surface area contributed by atoms with Crippen LogP contribution in [0.2, 0.25) is 0 Å². The predicted octanol–water partition coefficient (Wildman–Crippen LogP) is 4.36. The molecule has 0 saturated carbocycles. The Morgan fingerprint density at radius 1 is 0.862 bits per heavy atom. The summed E-state index contributed by atoms with van der Waals surface area (Å²) in [5, 5.41) is -6.79. The minimum Gasteiger partial charge on any atom is -0.309 e. The maximum Gasteiger partial charge on any atom is 0.459 e. The van der Waals surface area contributed by atoms with Gasteiger partial charge in [-0.15, -0.1) is 0 Å². The number of alkyl halides is 11. The summed E-state index contributed by atoms with van der Waals surface area (Å²) in [7, 11) is -7.13. The summed E-state index contributed by atoms with van der Waals surface area (Å²) in [5.74, 6) is -4.18. The van der Waals surface area contributed by atoms with Crippen LogP contribution in [0.15, 0.2) is 0 Å². The lowest BCUT2D eigenvalue weighted by Crippen LogP contribution is -2.58. The van der Waals surface area contributed by atoms with Gasteiger partial charge in [0.15, 0.2) is 0 Å². The molecule has 0 aromatic heterocycles. The molecule has 0 fully saturated rings. The fourth-order valence-electron chi connectivity index (χ4n) is 1.36. The summed E-state index contributed by atoms with van der Waals surface area (Å²) >= 11 is 0. The van der Waals surface area contributed by atoms with Crippen molar-refractivity contribution >= 4 is 10.1 Å². The van der Waals surface area contributed by atoms with Gasteiger partial charge in [-0.2, -0.15) is 47.9 Å². The smallest absolute Gasteiger partial charge is 0.309 e. The Bertz CT molecular complexity index is 618. The number of hydrogen-bond donors (Lipinski definition) is 1. The number of hydrogen-bond acceptors (Lipinski definition) is 4. The van der Waals surface area contributed by atoms with Gasteiger partial charge in [0.25, 0.3) is 5.92 Å². The van der Waals surface area contributed by atoms with Crippen LogP contribution in [-0.4, -0.2) is 54.7 Å². The fraction of sp³-hybridized carbons (Fsp3) is 1.00. The van der Waals surface area contributed by atoms with Crippen molar-refractivity contribution in [2.75, 3.05) is 0 Å². The summed E-state index contributed by atoms with van der Waals surface area (Å²) in [6.07, 6.45) is -29.1. The molecule has 0 aliphatic heterocycles. The highest BCUT2D eigenvalue weighted by molar-refractivity contribution is 7.86. The van der Waals surface area contributed by atoms with Crippen molar-refractivity contribution in [3.63, 3.8) is 0 Å². The SMILES string of the molecule is CCC(F)(F)C(C)OC(F)(F)C(OC(F)(F)C(F)(F)S(=O)(=O)O)C(F)(F)F.F.F. The van der Waals surface area contributed by atoms with Gasteiger partial charge in [-0.3, -0.25) is 18.7 Å². The van der Waals surface area contributed by atoms with Gasteiger partial charge in [-0.25, -0.2) is 8.78 Å². The van der Waals surface area contributed by atoms with Crippen LogP contribution in [-0.2, 0) is 19.6 Å². The minimum atomic E-state index is -7.13. The predicted molar refractivity (Wildman–Crippen MR) is 68.1 cm³/mol. The molecular weight excluding hydrogens is 479 g/mol. The van der Waals surface area contributed by atoms with Crippen molar-refractivity contribution in [3.05, 3.63) is 0 Å². The van der Waals surface area contributed by atoms with Crippen LogP contribution in [0, 0.1) is 0 Å². The number of ether oxygens (including phenoxy) is 2. The molecule has 0 rings (SSSR count). The van der Waals surface area contributed by atoms with Gasteiger partial charge in [0.05, 0.1) is 0 Å². The van der Waals surface area contributed by atoms with Crippen molar-refractivity contribution < 1.29 is 80.1 Å². The molecule has 5 nitrogen and oxygen atoms in total. The van der Waals surface area contributed by atoms with Crippen LogP contribution in [0.3, 0.4) is 0 Å². The molecule has 0 aliphatic carbocycles. The first-order chi connectivity index (χ1) is 11.5. The standard InChI is InChI=1S/C10H11F11O5S.2FH/c1-3-6(11,12)4(2)25-8(16,17)5(7(13,14)15)26-9(18,19)10(20,21)27(22,23)24;;/h4-5H,3H2,1-2H3,(H,22,23,24);2*1H. The first kappa shape index (κ1) is 32.6. The van der Waals surface area contributed by atoms with Crippen molar-refractivity contribution in [1.29, 1.82) is 0 Å². The van der Waals surface area contributed by atoms with E-state index in [2.05, 4.69) is 9.47 Å². The van der Waals surface area contributed by atoms with Crippen molar-refractivity contribution in [1.82, 2.24) is 0 Å². The molecule has 0 radical (unpaired) electrons. The zero-order valence-corrected chi connectivity index (χ0v) is 14.6. The molecule has 0 saturated heterocycles. The van der Waals surface area contributed by atoms with Crippen molar-refractivity contribution in [3.8, 4) is 0 Å². The van der Waals surface area contributed by atoms with Crippen LogP contribution < -0.4 is 0 Å². The number of rotatable bonds is 9. The van der Waals surface area contributed by atoms with Crippen LogP contribution in [0.4, 0.5) is 57.7 Å². The van der Waals surface area contributed by atoms with Gasteiger partial charge in [0.2, 0.25) is 6.10 Å². The van der Waals surface area contributed by atoms with Crippen LogP contribution in [0.1, 0.15) is 20.3 Å². The Kier molecular flexibility index (Phi) is 10.5. The lowest BCUT2D eigenvalue weighted by molar-refractivity contribution is -0.442. The molecule has 1 N–H and O–H groups in total. The van der Waals surface area contributed by atoms with Crippen LogP contribution in [0.5, 0.6) is 0 Å². The average molecular weight is 492 g/mol. The molecule has 2 unspecified atom stereocenters. The molecule has 0 heterocycles. The van der Waals surface area contributed by atoms with E-state index in [1.807, 2.05) is 0 Å². The molecule has 0 bridgehead atoms. The van der Waals surface area contributed by atoms with Gasteiger partial charge in [0.1, 0.15) is 6.10 Å². The third kappa shape index (κ3) is 7.28. The largest absolute Gasteiger partial charge is 0.459 e. The van der Waals surface area contributed by atoms with Gasteiger partial charge >= 0.3 is 33.8 Å². The summed E-state index contributed by atoms with van der Waals surface area (Å²) in [6, 6.07) is 0. The Balaban J connectivity index is -0.00000338. The summed E-state index contributed by atoms with van der Waals surface area (Å²) in [6.45, 7) is 0.840. The Hall–Kier alpha value is -1.08. The van der Waals surface area contributed by atoms with E-state index in [4.69, 9.17) is 4.55 Å². The molecule has 19 heteroatoms. The lowest BCUT2D eigenvalue weighted by atomic mass is 10.1. The quantitative estimate of drug-likeness (QED) is 0.383. The van der Waals surface area contributed by atoms with E-state index in [1.165, 1.54) is 0 Å². The van der Waals surface area contributed by atoms with E-state index < -0.39 is 58.3 Å². The van der Waals surface area contributed by atoms with Crippen LogP contribution >= 0.6 is 0 Å². The second-order valence-corrected chi connectivity index (χ2v) is 6.45. The van der Waals surface area contributed by atoms with Gasteiger partial charge in [0, 0.05) is 6.42 Å².